The zero-order valence-corrected chi connectivity index (χ0v) is 14.8. The number of amides is 3. The topological polar surface area (TPSA) is 61.4 Å². The van der Waals surface area contributed by atoms with E-state index < -0.39 is 6.03 Å². The van der Waals surface area contributed by atoms with E-state index in [0.717, 1.165) is 5.56 Å². The summed E-state index contributed by atoms with van der Waals surface area (Å²) >= 11 is 11.7. The zero-order valence-electron chi connectivity index (χ0n) is 13.3. The van der Waals surface area contributed by atoms with Crippen LogP contribution in [0.1, 0.15) is 5.56 Å². The molecular weight excluding hydrogens is 349 g/mol. The second kappa shape index (κ2) is 8.04. The Morgan fingerprint density at radius 1 is 0.917 bits per heavy atom. The van der Waals surface area contributed by atoms with E-state index in [-0.39, 0.29) is 5.91 Å². The highest BCUT2D eigenvalue weighted by molar-refractivity contribution is 6.42. The normalized spacial score (nSPS) is 10.2. The number of likely N-dealkylation sites (N-methyl/N-ethyl adjacent to an activating group) is 1. The van der Waals surface area contributed by atoms with E-state index in [4.69, 9.17) is 23.2 Å². The first-order chi connectivity index (χ1) is 11.3. The van der Waals surface area contributed by atoms with Crippen molar-refractivity contribution < 1.29 is 9.59 Å². The summed E-state index contributed by atoms with van der Waals surface area (Å²) in [5.41, 5.74) is 2.04. The lowest BCUT2D eigenvalue weighted by molar-refractivity contribution is -0.127. The number of carbonyl (C=O) groups excluding carboxylic acids is 2. The van der Waals surface area contributed by atoms with Gasteiger partial charge in [0.25, 0.3) is 0 Å². The minimum absolute atomic E-state index is 0.0214. The lowest BCUT2D eigenvalue weighted by atomic mass is 10.1. The molecule has 0 saturated carbocycles. The summed E-state index contributed by atoms with van der Waals surface area (Å²) in [7, 11) is 3.43. The van der Waals surface area contributed by atoms with Gasteiger partial charge in [-0.1, -0.05) is 35.3 Å². The van der Waals surface area contributed by atoms with Gasteiger partial charge in [-0.25, -0.2) is 4.79 Å². The Hall–Kier alpha value is -2.24. The molecule has 0 fully saturated rings. The molecule has 2 aromatic rings. The van der Waals surface area contributed by atoms with Crippen LogP contribution >= 0.6 is 23.2 Å². The van der Waals surface area contributed by atoms with Crippen LogP contribution in [0.3, 0.4) is 0 Å². The van der Waals surface area contributed by atoms with Gasteiger partial charge in [0.2, 0.25) is 5.91 Å². The number of nitrogens with one attached hydrogen (secondary N) is 2. The quantitative estimate of drug-likeness (QED) is 0.849. The second-order valence-electron chi connectivity index (χ2n) is 5.37. The summed E-state index contributed by atoms with van der Waals surface area (Å²) in [6, 6.07) is 11.5. The van der Waals surface area contributed by atoms with Gasteiger partial charge in [-0.15, -0.1) is 0 Å². The lowest BCUT2D eigenvalue weighted by Crippen LogP contribution is -2.23. The molecule has 7 heteroatoms. The Balaban J connectivity index is 1.94. The number of halogens is 2. The van der Waals surface area contributed by atoms with Crippen LogP contribution in [0.25, 0.3) is 0 Å². The maximum absolute atomic E-state index is 12.0. The highest BCUT2D eigenvalue weighted by Gasteiger charge is 2.07. The molecular formula is C17H17Cl2N3O2. The van der Waals surface area contributed by atoms with Crippen molar-refractivity contribution in [1.82, 2.24) is 4.90 Å². The predicted octanol–water partition coefficient (Wildman–Crippen LogP) is 4.27. The first-order valence-electron chi connectivity index (χ1n) is 7.17. The van der Waals surface area contributed by atoms with Crippen molar-refractivity contribution >= 4 is 46.5 Å². The Bertz CT molecular complexity index is 746. The van der Waals surface area contributed by atoms with Gasteiger partial charge in [0.15, 0.2) is 0 Å². The first-order valence-corrected chi connectivity index (χ1v) is 7.93. The molecule has 0 heterocycles. The number of rotatable bonds is 4. The summed E-state index contributed by atoms with van der Waals surface area (Å²) in [6.45, 7) is 0. The maximum atomic E-state index is 12.0. The minimum Gasteiger partial charge on any atom is -0.349 e. The number of hydrogen-bond donors (Lipinski definition) is 2. The Morgan fingerprint density at radius 2 is 1.50 bits per heavy atom. The van der Waals surface area contributed by atoms with Gasteiger partial charge in [0.1, 0.15) is 0 Å². The van der Waals surface area contributed by atoms with Crippen LogP contribution in [0.15, 0.2) is 42.5 Å². The molecule has 0 atom stereocenters. The van der Waals surface area contributed by atoms with Gasteiger partial charge in [0, 0.05) is 25.5 Å². The summed E-state index contributed by atoms with van der Waals surface area (Å²) in [5.74, 6) is 0.0214. The van der Waals surface area contributed by atoms with Crippen LogP contribution in [-0.2, 0) is 11.2 Å². The van der Waals surface area contributed by atoms with Crippen LogP contribution in [0, 0.1) is 0 Å². The van der Waals surface area contributed by atoms with Crippen LogP contribution < -0.4 is 10.6 Å². The molecule has 0 radical (unpaired) electrons. The maximum Gasteiger partial charge on any atom is 0.323 e. The van der Waals surface area contributed by atoms with Crippen molar-refractivity contribution in [1.29, 1.82) is 0 Å². The fourth-order valence-electron chi connectivity index (χ4n) is 1.91. The average molecular weight is 366 g/mol. The second-order valence-corrected chi connectivity index (χ2v) is 6.18. The number of anilines is 2. The fraction of sp³-hybridized carbons (Fsp3) is 0.176. The number of urea groups is 1. The van der Waals surface area contributed by atoms with Crippen molar-refractivity contribution in [3.63, 3.8) is 0 Å². The van der Waals surface area contributed by atoms with Gasteiger partial charge in [0.05, 0.1) is 16.5 Å². The number of carbonyl (C=O) groups is 2. The number of hydrogen-bond acceptors (Lipinski definition) is 2. The van der Waals surface area contributed by atoms with Crippen molar-refractivity contribution in [2.75, 3.05) is 24.7 Å². The molecule has 2 aromatic carbocycles. The molecule has 2 rings (SSSR count). The smallest absolute Gasteiger partial charge is 0.323 e. The third-order valence-electron chi connectivity index (χ3n) is 3.24. The molecule has 0 aliphatic carbocycles. The molecule has 3 amide bonds. The summed E-state index contributed by atoms with van der Waals surface area (Å²) in [5, 5.41) is 6.16. The molecule has 0 aliphatic rings. The molecule has 0 saturated heterocycles. The Morgan fingerprint density at radius 3 is 2.08 bits per heavy atom. The molecule has 0 aromatic heterocycles. The fourth-order valence-corrected chi connectivity index (χ4v) is 2.20. The molecule has 0 unspecified atom stereocenters. The van der Waals surface area contributed by atoms with Crippen LogP contribution in [0.5, 0.6) is 0 Å². The molecule has 0 spiro atoms. The summed E-state index contributed by atoms with van der Waals surface area (Å²) < 4.78 is 0. The molecule has 24 heavy (non-hydrogen) atoms. The highest BCUT2D eigenvalue weighted by atomic mass is 35.5. The van der Waals surface area contributed by atoms with Gasteiger partial charge < -0.3 is 15.5 Å². The van der Waals surface area contributed by atoms with Crippen LogP contribution in [0.4, 0.5) is 16.2 Å². The van der Waals surface area contributed by atoms with Crippen LogP contribution in [-0.4, -0.2) is 30.9 Å². The third kappa shape index (κ3) is 5.15. The Kier molecular flexibility index (Phi) is 6.06. The van der Waals surface area contributed by atoms with E-state index in [1.54, 1.807) is 56.6 Å². The Labute approximate surface area is 150 Å². The molecule has 5 nitrogen and oxygen atoms in total. The zero-order chi connectivity index (χ0) is 17.7. The summed E-state index contributed by atoms with van der Waals surface area (Å²) in [4.78, 5) is 25.2. The van der Waals surface area contributed by atoms with E-state index in [1.165, 1.54) is 4.90 Å². The number of nitrogens with zero attached hydrogens (tertiary/aromatic N) is 1. The van der Waals surface area contributed by atoms with Crippen LogP contribution in [0.2, 0.25) is 10.0 Å². The van der Waals surface area contributed by atoms with E-state index >= 15 is 0 Å². The third-order valence-corrected chi connectivity index (χ3v) is 3.98. The average Bonchev–Trinajstić information content (AvgIpc) is 2.52. The predicted molar refractivity (Wildman–Crippen MR) is 97.9 cm³/mol. The van der Waals surface area contributed by atoms with Gasteiger partial charge >= 0.3 is 6.03 Å². The molecule has 126 valence electrons. The van der Waals surface area contributed by atoms with Crippen molar-refractivity contribution in [3.8, 4) is 0 Å². The standard InChI is InChI=1S/C17H17Cl2N3O2/c1-22(2)16(23)9-11-3-5-12(6-4-11)20-17(24)21-13-7-8-14(18)15(19)10-13/h3-8,10H,9H2,1-2H3,(H2,20,21,24). The highest BCUT2D eigenvalue weighted by Crippen LogP contribution is 2.25. The van der Waals surface area contributed by atoms with E-state index in [0.29, 0.717) is 27.8 Å². The lowest BCUT2D eigenvalue weighted by Gasteiger charge is -2.11. The largest absolute Gasteiger partial charge is 0.349 e. The monoisotopic (exact) mass is 365 g/mol. The van der Waals surface area contributed by atoms with Crippen molar-refractivity contribution in [3.05, 3.63) is 58.1 Å². The molecule has 0 aliphatic heterocycles. The van der Waals surface area contributed by atoms with E-state index in [1.807, 2.05) is 0 Å². The molecule has 2 N–H and O–H groups in total. The summed E-state index contributed by atoms with van der Waals surface area (Å²) in [6.07, 6.45) is 0.322. The number of benzene rings is 2. The van der Waals surface area contributed by atoms with Gasteiger partial charge in [-0.05, 0) is 35.9 Å². The van der Waals surface area contributed by atoms with Gasteiger partial charge in [-0.3, -0.25) is 4.79 Å². The molecule has 0 bridgehead atoms. The van der Waals surface area contributed by atoms with E-state index in [9.17, 15) is 9.59 Å². The van der Waals surface area contributed by atoms with E-state index in [2.05, 4.69) is 10.6 Å². The van der Waals surface area contributed by atoms with Crippen molar-refractivity contribution in [2.45, 2.75) is 6.42 Å². The van der Waals surface area contributed by atoms with Gasteiger partial charge in [-0.2, -0.15) is 0 Å². The van der Waals surface area contributed by atoms with Crippen molar-refractivity contribution in [2.24, 2.45) is 0 Å². The first kappa shape index (κ1) is 18.1. The minimum atomic E-state index is -0.398. The SMILES string of the molecule is CN(C)C(=O)Cc1ccc(NC(=O)Nc2ccc(Cl)c(Cl)c2)cc1.